The van der Waals surface area contributed by atoms with E-state index in [-0.39, 0.29) is 31.1 Å². The van der Waals surface area contributed by atoms with Crippen LogP contribution in [0.25, 0.3) is 0 Å². The lowest BCUT2D eigenvalue weighted by Gasteiger charge is -2.15. The highest BCUT2D eigenvalue weighted by atomic mass is 19.4. The van der Waals surface area contributed by atoms with Crippen molar-refractivity contribution in [1.82, 2.24) is 4.98 Å². The smallest absolute Gasteiger partial charge is 0.416 e. The van der Waals surface area contributed by atoms with Crippen LogP contribution in [0, 0.1) is 0 Å². The molecule has 2 aromatic rings. The second kappa shape index (κ2) is 9.19. The molecule has 1 amide bonds. The Hall–Kier alpha value is -2.61. The summed E-state index contributed by atoms with van der Waals surface area (Å²) in [6.07, 6.45) is -0.717. The number of hydrogen-bond donors (Lipinski definition) is 1. The summed E-state index contributed by atoms with van der Waals surface area (Å²) in [5.41, 5.74) is -0.0190. The number of methoxy groups -OCH3 is 1. The standard InChI is InChI=1S/C18H19F3N2O3/c1-25-9-10-26-16-6-5-14(18(19,20)21)11-15(16)23-17(24)7-4-13-3-2-8-22-12-13/h2-3,5-6,8,11-12H,4,7,9-10H2,1H3,(H,23,24). The minimum Gasteiger partial charge on any atom is -0.489 e. The number of aromatic nitrogens is 1. The molecule has 0 fully saturated rings. The Balaban J connectivity index is 2.09. The highest BCUT2D eigenvalue weighted by Gasteiger charge is 2.31. The van der Waals surface area contributed by atoms with Crippen LogP contribution < -0.4 is 10.1 Å². The highest BCUT2D eigenvalue weighted by Crippen LogP contribution is 2.35. The second-order valence-electron chi connectivity index (χ2n) is 5.46. The van der Waals surface area contributed by atoms with E-state index in [1.54, 1.807) is 18.5 Å². The van der Waals surface area contributed by atoms with Gasteiger partial charge in [-0.3, -0.25) is 9.78 Å². The zero-order chi connectivity index (χ0) is 19.0. The number of alkyl halides is 3. The van der Waals surface area contributed by atoms with Gasteiger partial charge in [0.2, 0.25) is 5.91 Å². The molecule has 2 rings (SSSR count). The molecule has 1 N–H and O–H groups in total. The number of hydrogen-bond acceptors (Lipinski definition) is 4. The number of nitrogens with zero attached hydrogens (tertiary/aromatic N) is 1. The van der Waals surface area contributed by atoms with Crippen LogP contribution in [-0.2, 0) is 22.1 Å². The molecule has 5 nitrogen and oxygen atoms in total. The molecule has 1 heterocycles. The zero-order valence-corrected chi connectivity index (χ0v) is 14.2. The topological polar surface area (TPSA) is 60.5 Å². The fourth-order valence-corrected chi connectivity index (χ4v) is 2.18. The monoisotopic (exact) mass is 368 g/mol. The summed E-state index contributed by atoms with van der Waals surface area (Å²) >= 11 is 0. The third-order valence-electron chi connectivity index (χ3n) is 3.49. The van der Waals surface area contributed by atoms with E-state index in [0.717, 1.165) is 17.7 Å². The highest BCUT2D eigenvalue weighted by molar-refractivity contribution is 5.92. The Kier molecular flexibility index (Phi) is 6.97. The van der Waals surface area contributed by atoms with Crippen LogP contribution in [0.2, 0.25) is 0 Å². The molecule has 0 aliphatic carbocycles. The number of nitrogens with one attached hydrogen (secondary N) is 1. The number of aryl methyl sites for hydroxylation is 1. The van der Waals surface area contributed by atoms with Crippen LogP contribution in [-0.4, -0.2) is 31.2 Å². The molecule has 0 unspecified atom stereocenters. The minimum absolute atomic E-state index is 0.0212. The number of rotatable bonds is 8. The molecule has 0 radical (unpaired) electrons. The summed E-state index contributed by atoms with van der Waals surface area (Å²) < 4.78 is 49.0. The van der Waals surface area contributed by atoms with E-state index in [1.807, 2.05) is 6.07 Å². The summed E-state index contributed by atoms with van der Waals surface area (Å²) in [5.74, 6) is -0.255. The fraction of sp³-hybridized carbons (Fsp3) is 0.333. The average molecular weight is 368 g/mol. The molecule has 0 bridgehead atoms. The summed E-state index contributed by atoms with van der Waals surface area (Å²) in [7, 11) is 1.48. The summed E-state index contributed by atoms with van der Waals surface area (Å²) in [6, 6.07) is 6.54. The lowest BCUT2D eigenvalue weighted by molar-refractivity contribution is -0.137. The average Bonchev–Trinajstić information content (AvgIpc) is 2.61. The molecule has 0 spiro atoms. The van der Waals surface area contributed by atoms with Crippen molar-refractivity contribution < 1.29 is 27.4 Å². The van der Waals surface area contributed by atoms with Crippen molar-refractivity contribution in [1.29, 1.82) is 0 Å². The van der Waals surface area contributed by atoms with E-state index in [2.05, 4.69) is 10.3 Å². The molecule has 26 heavy (non-hydrogen) atoms. The molecular weight excluding hydrogens is 349 g/mol. The van der Waals surface area contributed by atoms with Gasteiger partial charge in [-0.05, 0) is 36.2 Å². The van der Waals surface area contributed by atoms with Gasteiger partial charge in [-0.15, -0.1) is 0 Å². The van der Waals surface area contributed by atoms with Crippen LogP contribution in [0.3, 0.4) is 0 Å². The summed E-state index contributed by atoms with van der Waals surface area (Å²) in [5, 5.41) is 2.50. The van der Waals surface area contributed by atoms with E-state index in [4.69, 9.17) is 9.47 Å². The van der Waals surface area contributed by atoms with Crippen LogP contribution in [0.15, 0.2) is 42.7 Å². The van der Waals surface area contributed by atoms with Crippen molar-refractivity contribution in [2.24, 2.45) is 0 Å². The number of halogens is 3. The van der Waals surface area contributed by atoms with Crippen LogP contribution >= 0.6 is 0 Å². The molecule has 0 saturated carbocycles. The van der Waals surface area contributed by atoms with Crippen molar-refractivity contribution in [2.45, 2.75) is 19.0 Å². The fourth-order valence-electron chi connectivity index (χ4n) is 2.18. The van der Waals surface area contributed by atoms with E-state index in [9.17, 15) is 18.0 Å². The zero-order valence-electron chi connectivity index (χ0n) is 14.2. The summed E-state index contributed by atoms with van der Waals surface area (Å²) in [6.45, 7) is 0.426. The van der Waals surface area contributed by atoms with Gasteiger partial charge in [0, 0.05) is 25.9 Å². The first-order valence-electron chi connectivity index (χ1n) is 7.92. The molecule has 0 saturated heterocycles. The van der Waals surface area contributed by atoms with Gasteiger partial charge in [0.15, 0.2) is 0 Å². The van der Waals surface area contributed by atoms with Gasteiger partial charge in [-0.25, -0.2) is 0 Å². The third-order valence-corrected chi connectivity index (χ3v) is 3.49. The maximum absolute atomic E-state index is 12.9. The van der Waals surface area contributed by atoms with E-state index >= 15 is 0 Å². The van der Waals surface area contributed by atoms with Crippen molar-refractivity contribution in [3.63, 3.8) is 0 Å². The van der Waals surface area contributed by atoms with Crippen LogP contribution in [0.4, 0.5) is 18.9 Å². The van der Waals surface area contributed by atoms with Crippen molar-refractivity contribution >= 4 is 11.6 Å². The van der Waals surface area contributed by atoms with Gasteiger partial charge in [0.1, 0.15) is 12.4 Å². The van der Waals surface area contributed by atoms with Crippen LogP contribution in [0.1, 0.15) is 17.5 Å². The number of carbonyl (C=O) groups excluding carboxylic acids is 1. The Morgan fingerprint density at radius 3 is 2.69 bits per heavy atom. The number of anilines is 1. The second-order valence-corrected chi connectivity index (χ2v) is 5.46. The minimum atomic E-state index is -4.51. The number of pyridine rings is 1. The number of carbonyl (C=O) groups is 1. The van der Waals surface area contributed by atoms with E-state index < -0.39 is 17.6 Å². The van der Waals surface area contributed by atoms with Crippen molar-refractivity contribution in [2.75, 3.05) is 25.6 Å². The van der Waals surface area contributed by atoms with Gasteiger partial charge < -0.3 is 14.8 Å². The molecular formula is C18H19F3N2O3. The maximum Gasteiger partial charge on any atom is 0.416 e. The molecule has 1 aromatic heterocycles. The normalized spacial score (nSPS) is 11.2. The molecule has 140 valence electrons. The molecule has 8 heteroatoms. The SMILES string of the molecule is COCCOc1ccc(C(F)(F)F)cc1NC(=O)CCc1cccnc1. The first kappa shape index (κ1) is 19.7. The summed E-state index contributed by atoms with van der Waals surface area (Å²) in [4.78, 5) is 16.1. The Morgan fingerprint density at radius 2 is 2.04 bits per heavy atom. The lowest BCUT2D eigenvalue weighted by atomic mass is 10.1. The first-order chi connectivity index (χ1) is 12.4. The lowest BCUT2D eigenvalue weighted by Crippen LogP contribution is -2.15. The number of benzene rings is 1. The Bertz CT molecular complexity index is 721. The van der Waals surface area contributed by atoms with E-state index in [0.29, 0.717) is 6.42 Å². The maximum atomic E-state index is 12.9. The van der Waals surface area contributed by atoms with E-state index in [1.165, 1.54) is 13.2 Å². The number of amides is 1. The van der Waals surface area contributed by atoms with Gasteiger partial charge in [-0.2, -0.15) is 13.2 Å². The predicted octanol–water partition coefficient (Wildman–Crippen LogP) is 3.70. The molecule has 0 atom stereocenters. The Labute approximate surface area is 149 Å². The Morgan fingerprint density at radius 1 is 1.23 bits per heavy atom. The van der Waals surface area contributed by atoms with Gasteiger partial charge in [0.25, 0.3) is 0 Å². The first-order valence-corrected chi connectivity index (χ1v) is 7.92. The molecule has 0 aliphatic rings. The van der Waals surface area contributed by atoms with Gasteiger partial charge >= 0.3 is 6.18 Å². The molecule has 0 aliphatic heterocycles. The predicted molar refractivity (Wildman–Crippen MR) is 90.0 cm³/mol. The van der Waals surface area contributed by atoms with Crippen LogP contribution in [0.5, 0.6) is 5.75 Å². The number of ether oxygens (including phenoxy) is 2. The van der Waals surface area contributed by atoms with Gasteiger partial charge in [-0.1, -0.05) is 6.07 Å². The third kappa shape index (κ3) is 6.03. The van der Waals surface area contributed by atoms with Gasteiger partial charge in [0.05, 0.1) is 17.9 Å². The molecule has 1 aromatic carbocycles. The largest absolute Gasteiger partial charge is 0.489 e. The van der Waals surface area contributed by atoms with Crippen molar-refractivity contribution in [3.05, 3.63) is 53.9 Å². The quantitative estimate of drug-likeness (QED) is 0.722. The van der Waals surface area contributed by atoms with Crippen molar-refractivity contribution in [3.8, 4) is 5.75 Å².